The van der Waals surface area contributed by atoms with Crippen molar-refractivity contribution in [3.63, 3.8) is 0 Å². The Kier molecular flexibility index (Phi) is 6.52. The minimum atomic E-state index is -0.0214. The Hall–Kier alpha value is -2.50. The van der Waals surface area contributed by atoms with Crippen LogP contribution in [0.1, 0.15) is 16.9 Å². The SMILES string of the molecule is Cc1ccccc1SCC(=O)Nc1cccc(COCc2ccco2)c1. The predicted octanol–water partition coefficient (Wildman–Crippen LogP) is 5.04. The van der Waals surface area contributed by atoms with Gasteiger partial charge in [-0.3, -0.25) is 4.79 Å². The molecule has 0 saturated carbocycles. The third kappa shape index (κ3) is 5.51. The first-order valence-electron chi connectivity index (χ1n) is 8.38. The van der Waals surface area contributed by atoms with Gasteiger partial charge in [-0.25, -0.2) is 0 Å². The number of hydrogen-bond acceptors (Lipinski definition) is 4. The number of amides is 1. The number of carbonyl (C=O) groups excluding carboxylic acids is 1. The first-order valence-corrected chi connectivity index (χ1v) is 9.36. The average Bonchev–Trinajstić information content (AvgIpc) is 3.15. The molecule has 2 aromatic carbocycles. The lowest BCUT2D eigenvalue weighted by atomic mass is 10.2. The van der Waals surface area contributed by atoms with Gasteiger partial charge in [0.15, 0.2) is 0 Å². The van der Waals surface area contributed by atoms with E-state index in [-0.39, 0.29) is 5.91 Å². The number of rotatable bonds is 8. The van der Waals surface area contributed by atoms with Crippen LogP contribution in [0.15, 0.2) is 76.2 Å². The minimum absolute atomic E-state index is 0.0214. The van der Waals surface area contributed by atoms with Crippen LogP contribution in [0.3, 0.4) is 0 Å². The maximum absolute atomic E-state index is 12.2. The van der Waals surface area contributed by atoms with E-state index < -0.39 is 0 Å². The number of aryl methyl sites for hydroxylation is 1. The van der Waals surface area contributed by atoms with Gasteiger partial charge >= 0.3 is 0 Å². The summed E-state index contributed by atoms with van der Waals surface area (Å²) in [5, 5.41) is 2.94. The highest BCUT2D eigenvalue weighted by molar-refractivity contribution is 8.00. The first-order chi connectivity index (χ1) is 12.7. The molecular weight excluding hydrogens is 346 g/mol. The van der Waals surface area contributed by atoms with Crippen molar-refractivity contribution in [3.05, 3.63) is 83.8 Å². The van der Waals surface area contributed by atoms with Crippen LogP contribution in [-0.2, 0) is 22.7 Å². The van der Waals surface area contributed by atoms with Crippen LogP contribution in [0.4, 0.5) is 5.69 Å². The Morgan fingerprint density at radius 1 is 1.08 bits per heavy atom. The molecule has 5 heteroatoms. The summed E-state index contributed by atoms with van der Waals surface area (Å²) >= 11 is 1.54. The third-order valence-corrected chi connectivity index (χ3v) is 4.93. The minimum Gasteiger partial charge on any atom is -0.467 e. The Morgan fingerprint density at radius 3 is 2.77 bits per heavy atom. The maximum atomic E-state index is 12.2. The Morgan fingerprint density at radius 2 is 1.96 bits per heavy atom. The standard InChI is InChI=1S/C21H21NO3S/c1-16-6-2-3-10-20(16)26-15-21(23)22-18-8-4-7-17(12-18)13-24-14-19-9-5-11-25-19/h2-12H,13-15H2,1H3,(H,22,23). The molecular formula is C21H21NO3S. The molecule has 0 aliphatic carbocycles. The highest BCUT2D eigenvalue weighted by Gasteiger charge is 2.06. The summed E-state index contributed by atoms with van der Waals surface area (Å²) in [4.78, 5) is 13.3. The smallest absolute Gasteiger partial charge is 0.234 e. The molecule has 1 aromatic heterocycles. The fraction of sp³-hybridized carbons (Fsp3) is 0.190. The summed E-state index contributed by atoms with van der Waals surface area (Å²) in [6.07, 6.45) is 1.63. The maximum Gasteiger partial charge on any atom is 0.234 e. The summed E-state index contributed by atoms with van der Waals surface area (Å²) in [7, 11) is 0. The van der Waals surface area contributed by atoms with E-state index in [1.807, 2.05) is 67.6 Å². The average molecular weight is 367 g/mol. The summed E-state index contributed by atoms with van der Waals surface area (Å²) < 4.78 is 10.9. The molecule has 3 aromatic rings. The predicted molar refractivity (Wildman–Crippen MR) is 104 cm³/mol. The first kappa shape index (κ1) is 18.3. The molecule has 26 heavy (non-hydrogen) atoms. The number of thioether (sulfide) groups is 1. The molecule has 3 rings (SSSR count). The van der Waals surface area contributed by atoms with Crippen molar-refractivity contribution in [3.8, 4) is 0 Å². The Balaban J connectivity index is 1.48. The largest absolute Gasteiger partial charge is 0.467 e. The molecule has 0 aliphatic rings. The fourth-order valence-electron chi connectivity index (χ4n) is 2.46. The van der Waals surface area contributed by atoms with Crippen molar-refractivity contribution in [2.75, 3.05) is 11.1 Å². The summed E-state index contributed by atoms with van der Waals surface area (Å²) in [5.74, 6) is 1.15. The topological polar surface area (TPSA) is 51.5 Å². The number of carbonyl (C=O) groups is 1. The van der Waals surface area contributed by atoms with Crippen LogP contribution in [0, 0.1) is 6.92 Å². The molecule has 134 valence electrons. The number of furan rings is 1. The lowest BCUT2D eigenvalue weighted by Crippen LogP contribution is -2.14. The second kappa shape index (κ2) is 9.27. The summed E-state index contributed by atoms with van der Waals surface area (Å²) in [6.45, 7) is 2.94. The van der Waals surface area contributed by atoms with Crippen molar-refractivity contribution in [1.82, 2.24) is 0 Å². The quantitative estimate of drug-likeness (QED) is 0.567. The van der Waals surface area contributed by atoms with E-state index in [0.717, 1.165) is 21.9 Å². The highest BCUT2D eigenvalue weighted by atomic mass is 32.2. The molecule has 0 radical (unpaired) electrons. The van der Waals surface area contributed by atoms with E-state index in [9.17, 15) is 4.79 Å². The van der Waals surface area contributed by atoms with Crippen LogP contribution in [0.2, 0.25) is 0 Å². The van der Waals surface area contributed by atoms with Gasteiger partial charge in [0.25, 0.3) is 0 Å². The normalized spacial score (nSPS) is 10.7. The molecule has 0 fully saturated rings. The molecule has 4 nitrogen and oxygen atoms in total. The fourth-order valence-corrected chi connectivity index (χ4v) is 3.29. The van der Waals surface area contributed by atoms with E-state index in [1.165, 1.54) is 5.56 Å². The lowest BCUT2D eigenvalue weighted by molar-refractivity contribution is -0.113. The molecule has 0 atom stereocenters. The van der Waals surface area contributed by atoms with E-state index in [2.05, 4.69) is 5.32 Å². The van der Waals surface area contributed by atoms with Gasteiger partial charge in [-0.05, 0) is 48.4 Å². The third-order valence-electron chi connectivity index (χ3n) is 3.76. The van der Waals surface area contributed by atoms with Gasteiger partial charge in [-0.2, -0.15) is 0 Å². The Bertz CT molecular complexity index is 846. The second-order valence-electron chi connectivity index (χ2n) is 5.87. The van der Waals surface area contributed by atoms with Crippen molar-refractivity contribution >= 4 is 23.4 Å². The van der Waals surface area contributed by atoms with E-state index >= 15 is 0 Å². The van der Waals surface area contributed by atoms with Gasteiger partial charge in [-0.1, -0.05) is 30.3 Å². The molecule has 1 amide bonds. The van der Waals surface area contributed by atoms with E-state index in [1.54, 1.807) is 18.0 Å². The van der Waals surface area contributed by atoms with Crippen LogP contribution in [-0.4, -0.2) is 11.7 Å². The molecule has 0 unspecified atom stereocenters. The van der Waals surface area contributed by atoms with Gasteiger partial charge in [0.2, 0.25) is 5.91 Å². The van der Waals surface area contributed by atoms with Crippen molar-refractivity contribution < 1.29 is 13.9 Å². The number of anilines is 1. The molecule has 0 aliphatic heterocycles. The second-order valence-corrected chi connectivity index (χ2v) is 6.89. The molecule has 1 heterocycles. The van der Waals surface area contributed by atoms with E-state index in [4.69, 9.17) is 9.15 Å². The van der Waals surface area contributed by atoms with Gasteiger partial charge < -0.3 is 14.5 Å². The zero-order valence-electron chi connectivity index (χ0n) is 14.6. The number of hydrogen-bond donors (Lipinski definition) is 1. The number of benzene rings is 2. The van der Waals surface area contributed by atoms with Crippen molar-refractivity contribution in [1.29, 1.82) is 0 Å². The van der Waals surface area contributed by atoms with Crippen LogP contribution in [0.25, 0.3) is 0 Å². The summed E-state index contributed by atoms with van der Waals surface area (Å²) in [5.41, 5.74) is 2.96. The Labute approximate surface area is 157 Å². The van der Waals surface area contributed by atoms with Gasteiger partial charge in [0, 0.05) is 10.6 Å². The van der Waals surface area contributed by atoms with Crippen LogP contribution in [0.5, 0.6) is 0 Å². The number of ether oxygens (including phenoxy) is 1. The van der Waals surface area contributed by atoms with Gasteiger partial charge in [0.1, 0.15) is 12.4 Å². The molecule has 1 N–H and O–H groups in total. The van der Waals surface area contributed by atoms with Crippen molar-refractivity contribution in [2.24, 2.45) is 0 Å². The van der Waals surface area contributed by atoms with E-state index in [0.29, 0.717) is 19.0 Å². The molecule has 0 bridgehead atoms. The summed E-state index contributed by atoms with van der Waals surface area (Å²) in [6, 6.07) is 19.5. The van der Waals surface area contributed by atoms with Gasteiger partial charge in [-0.15, -0.1) is 11.8 Å². The van der Waals surface area contributed by atoms with Crippen LogP contribution < -0.4 is 5.32 Å². The number of nitrogens with one attached hydrogen (secondary N) is 1. The lowest BCUT2D eigenvalue weighted by Gasteiger charge is -2.09. The monoisotopic (exact) mass is 367 g/mol. The highest BCUT2D eigenvalue weighted by Crippen LogP contribution is 2.22. The zero-order chi connectivity index (χ0) is 18.2. The molecule has 0 saturated heterocycles. The van der Waals surface area contributed by atoms with Crippen molar-refractivity contribution in [2.45, 2.75) is 25.0 Å². The molecule has 0 spiro atoms. The van der Waals surface area contributed by atoms with Gasteiger partial charge in [0.05, 0.1) is 18.6 Å². The van der Waals surface area contributed by atoms with Crippen LogP contribution >= 0.6 is 11.8 Å². The zero-order valence-corrected chi connectivity index (χ0v) is 15.4.